The molecule has 0 unspecified atom stereocenters. The number of aromatic carboxylic acids is 1. The third-order valence-corrected chi connectivity index (χ3v) is 4.72. The number of hydrogen-bond donors (Lipinski definition) is 1. The van der Waals surface area contributed by atoms with Crippen molar-refractivity contribution in [1.82, 2.24) is 4.98 Å². The summed E-state index contributed by atoms with van der Waals surface area (Å²) in [4.78, 5) is 40.6. The SMILES string of the molecule is CC1=C(Sc2ncccc2C(=O)O)C(=O)c2ccccc2C1=O. The molecule has 0 saturated heterocycles. The lowest BCUT2D eigenvalue weighted by atomic mass is 9.90. The van der Waals surface area contributed by atoms with Gasteiger partial charge in [-0.1, -0.05) is 36.0 Å². The Morgan fingerprint density at radius 2 is 1.70 bits per heavy atom. The summed E-state index contributed by atoms with van der Waals surface area (Å²) in [6.07, 6.45) is 1.45. The van der Waals surface area contributed by atoms with Crippen LogP contribution >= 0.6 is 11.8 Å². The van der Waals surface area contributed by atoms with Crippen molar-refractivity contribution in [2.45, 2.75) is 11.9 Å². The van der Waals surface area contributed by atoms with E-state index in [1.807, 2.05) is 0 Å². The van der Waals surface area contributed by atoms with Gasteiger partial charge >= 0.3 is 5.97 Å². The lowest BCUT2D eigenvalue weighted by Crippen LogP contribution is -2.19. The van der Waals surface area contributed by atoms with Gasteiger partial charge in [-0.3, -0.25) is 9.59 Å². The van der Waals surface area contributed by atoms with Crippen LogP contribution in [0.1, 0.15) is 38.0 Å². The predicted molar refractivity (Wildman–Crippen MR) is 84.9 cm³/mol. The highest BCUT2D eigenvalue weighted by atomic mass is 32.2. The molecule has 0 atom stereocenters. The average molecular weight is 325 g/mol. The maximum Gasteiger partial charge on any atom is 0.338 e. The van der Waals surface area contributed by atoms with Gasteiger partial charge in [0.15, 0.2) is 5.78 Å². The van der Waals surface area contributed by atoms with E-state index in [0.717, 1.165) is 11.8 Å². The van der Waals surface area contributed by atoms with E-state index in [4.69, 9.17) is 0 Å². The minimum atomic E-state index is -1.13. The average Bonchev–Trinajstić information content (AvgIpc) is 2.57. The van der Waals surface area contributed by atoms with Crippen molar-refractivity contribution in [2.24, 2.45) is 0 Å². The van der Waals surface area contributed by atoms with Crippen LogP contribution < -0.4 is 0 Å². The minimum absolute atomic E-state index is 0.00286. The number of rotatable bonds is 3. The van der Waals surface area contributed by atoms with Gasteiger partial charge < -0.3 is 5.11 Å². The number of fused-ring (bicyclic) bond motifs is 1. The van der Waals surface area contributed by atoms with Crippen molar-refractivity contribution >= 4 is 29.3 Å². The highest BCUT2D eigenvalue weighted by molar-refractivity contribution is 8.04. The highest BCUT2D eigenvalue weighted by Crippen LogP contribution is 2.37. The monoisotopic (exact) mass is 325 g/mol. The van der Waals surface area contributed by atoms with Crippen LogP contribution in [0.4, 0.5) is 0 Å². The number of thioether (sulfide) groups is 1. The molecule has 0 spiro atoms. The van der Waals surface area contributed by atoms with E-state index >= 15 is 0 Å². The number of carbonyl (C=O) groups excluding carboxylic acids is 2. The number of carboxylic acids is 1. The second-order valence-electron chi connectivity index (χ2n) is 4.92. The van der Waals surface area contributed by atoms with Crippen molar-refractivity contribution in [3.05, 3.63) is 69.8 Å². The first-order valence-corrected chi connectivity index (χ1v) is 7.58. The molecule has 0 aliphatic heterocycles. The number of allylic oxidation sites excluding steroid dienone is 2. The summed E-state index contributed by atoms with van der Waals surface area (Å²) in [6.45, 7) is 1.57. The highest BCUT2D eigenvalue weighted by Gasteiger charge is 2.31. The van der Waals surface area contributed by atoms with E-state index in [-0.39, 0.29) is 27.1 Å². The van der Waals surface area contributed by atoms with Crippen LogP contribution in [0.3, 0.4) is 0 Å². The summed E-state index contributed by atoms with van der Waals surface area (Å²) in [5.74, 6) is -1.64. The molecule has 1 aliphatic rings. The third-order valence-electron chi connectivity index (χ3n) is 3.50. The molecule has 0 saturated carbocycles. The van der Waals surface area contributed by atoms with E-state index in [9.17, 15) is 19.5 Å². The number of pyridine rings is 1. The van der Waals surface area contributed by atoms with Gasteiger partial charge in [0.25, 0.3) is 0 Å². The number of benzene rings is 1. The largest absolute Gasteiger partial charge is 0.478 e. The van der Waals surface area contributed by atoms with Crippen LogP contribution in [0.2, 0.25) is 0 Å². The summed E-state index contributed by atoms with van der Waals surface area (Å²) < 4.78 is 0. The third kappa shape index (κ3) is 2.57. The topological polar surface area (TPSA) is 84.3 Å². The molecule has 2 aromatic rings. The first kappa shape index (κ1) is 15.2. The van der Waals surface area contributed by atoms with Gasteiger partial charge in [0.1, 0.15) is 5.03 Å². The van der Waals surface area contributed by atoms with E-state index in [1.54, 1.807) is 31.2 Å². The number of carboxylic acid groups (broad SMARTS) is 1. The van der Waals surface area contributed by atoms with Gasteiger partial charge in [-0.2, -0.15) is 0 Å². The molecule has 23 heavy (non-hydrogen) atoms. The minimum Gasteiger partial charge on any atom is -0.478 e. The number of Topliss-reactive ketones (excluding diaryl/α,β-unsaturated/α-hetero) is 2. The zero-order valence-corrected chi connectivity index (χ0v) is 12.9. The van der Waals surface area contributed by atoms with Crippen molar-refractivity contribution in [3.8, 4) is 0 Å². The zero-order chi connectivity index (χ0) is 16.6. The summed E-state index contributed by atoms with van der Waals surface area (Å²) >= 11 is 0.920. The quantitative estimate of drug-likeness (QED) is 0.932. The molecule has 0 fully saturated rings. The molecule has 114 valence electrons. The number of nitrogens with zero attached hydrogens (tertiary/aromatic N) is 1. The fourth-order valence-corrected chi connectivity index (χ4v) is 3.35. The molecule has 5 nitrogen and oxygen atoms in total. The zero-order valence-electron chi connectivity index (χ0n) is 12.1. The molecular formula is C17H11NO4S. The fraction of sp³-hybridized carbons (Fsp3) is 0.0588. The molecule has 1 aromatic carbocycles. The Labute approximate surface area is 136 Å². The first-order valence-electron chi connectivity index (χ1n) is 6.76. The van der Waals surface area contributed by atoms with Crippen LogP contribution in [0.25, 0.3) is 0 Å². The summed E-state index contributed by atoms with van der Waals surface area (Å²) in [7, 11) is 0. The Hall–Kier alpha value is -2.73. The first-order chi connectivity index (χ1) is 11.0. The smallest absolute Gasteiger partial charge is 0.338 e. The molecule has 1 N–H and O–H groups in total. The van der Waals surface area contributed by atoms with Gasteiger partial charge in [-0.05, 0) is 19.1 Å². The fourth-order valence-electron chi connectivity index (χ4n) is 2.33. The number of aromatic nitrogens is 1. The van der Waals surface area contributed by atoms with Gasteiger partial charge in [0.2, 0.25) is 5.78 Å². The summed E-state index contributed by atoms with van der Waals surface area (Å²) in [5.41, 5.74) is 1.01. The van der Waals surface area contributed by atoms with E-state index in [2.05, 4.69) is 4.98 Å². The standard InChI is InChI=1S/C17H11NO4S/c1-9-13(19)10-5-2-3-6-11(10)14(20)15(9)23-16-12(17(21)22)7-4-8-18-16/h2-8H,1H3,(H,21,22). The van der Waals surface area contributed by atoms with Gasteiger partial charge in [0, 0.05) is 22.9 Å². The normalized spacial score (nSPS) is 14.0. The Bertz CT molecular complexity index is 886. The second-order valence-corrected chi connectivity index (χ2v) is 5.92. The molecule has 1 heterocycles. The Morgan fingerprint density at radius 1 is 1.04 bits per heavy atom. The number of hydrogen-bond acceptors (Lipinski definition) is 5. The van der Waals surface area contributed by atoms with E-state index in [1.165, 1.54) is 18.3 Å². The van der Waals surface area contributed by atoms with E-state index in [0.29, 0.717) is 16.7 Å². The van der Waals surface area contributed by atoms with Crippen molar-refractivity contribution in [2.75, 3.05) is 0 Å². The predicted octanol–water partition coefficient (Wildman–Crippen LogP) is 3.23. The van der Waals surface area contributed by atoms with Gasteiger partial charge in [-0.15, -0.1) is 0 Å². The maximum absolute atomic E-state index is 12.7. The molecular weight excluding hydrogens is 314 g/mol. The van der Waals surface area contributed by atoms with E-state index < -0.39 is 5.97 Å². The molecule has 0 radical (unpaired) electrons. The molecule has 1 aliphatic carbocycles. The van der Waals surface area contributed by atoms with Crippen molar-refractivity contribution in [1.29, 1.82) is 0 Å². The van der Waals surface area contributed by atoms with Crippen LogP contribution in [0, 0.1) is 0 Å². The summed E-state index contributed by atoms with van der Waals surface area (Å²) in [6, 6.07) is 9.53. The van der Waals surface area contributed by atoms with Crippen LogP contribution in [0.15, 0.2) is 58.1 Å². The number of ketones is 2. The number of carbonyl (C=O) groups is 3. The summed E-state index contributed by atoms with van der Waals surface area (Å²) in [5, 5.41) is 9.41. The van der Waals surface area contributed by atoms with Gasteiger partial charge in [0.05, 0.1) is 10.5 Å². The molecule has 1 aromatic heterocycles. The molecule has 0 bridgehead atoms. The lowest BCUT2D eigenvalue weighted by Gasteiger charge is -2.18. The Kier molecular flexibility index (Phi) is 3.83. The Morgan fingerprint density at radius 3 is 2.35 bits per heavy atom. The maximum atomic E-state index is 12.7. The van der Waals surface area contributed by atoms with Gasteiger partial charge in [-0.25, -0.2) is 9.78 Å². The Balaban J connectivity index is 2.08. The van der Waals surface area contributed by atoms with Crippen molar-refractivity contribution < 1.29 is 19.5 Å². The second kappa shape index (κ2) is 5.81. The van der Waals surface area contributed by atoms with Crippen LogP contribution in [-0.4, -0.2) is 27.6 Å². The van der Waals surface area contributed by atoms with Crippen LogP contribution in [-0.2, 0) is 0 Å². The van der Waals surface area contributed by atoms with Crippen LogP contribution in [0.5, 0.6) is 0 Å². The molecule has 6 heteroatoms. The lowest BCUT2D eigenvalue weighted by molar-refractivity contribution is 0.0691. The molecule has 0 amide bonds. The molecule has 3 rings (SSSR count). The van der Waals surface area contributed by atoms with Crippen molar-refractivity contribution in [3.63, 3.8) is 0 Å².